The second-order valence-electron chi connectivity index (χ2n) is 5.97. The summed E-state index contributed by atoms with van der Waals surface area (Å²) >= 11 is 1.67. The summed E-state index contributed by atoms with van der Waals surface area (Å²) in [6.07, 6.45) is 2.60. The van der Waals surface area contributed by atoms with Crippen molar-refractivity contribution in [2.24, 2.45) is 0 Å². The number of amides is 1. The lowest BCUT2D eigenvalue weighted by molar-refractivity contribution is -0.144. The number of carbonyl (C=O) groups excluding carboxylic acids is 1. The van der Waals surface area contributed by atoms with Crippen molar-refractivity contribution in [1.82, 2.24) is 4.90 Å². The van der Waals surface area contributed by atoms with Gasteiger partial charge >= 0.3 is 12.1 Å². The molecule has 20 heavy (non-hydrogen) atoms. The Balaban J connectivity index is 4.99. The Bertz CT molecular complexity index is 326. The van der Waals surface area contributed by atoms with E-state index >= 15 is 0 Å². The number of aliphatic carboxylic acids is 1. The smallest absolute Gasteiger partial charge is 0.411 e. The molecule has 0 bridgehead atoms. The van der Waals surface area contributed by atoms with E-state index in [9.17, 15) is 14.7 Å². The second-order valence-corrected chi connectivity index (χ2v) is 6.96. The summed E-state index contributed by atoms with van der Waals surface area (Å²) in [6.45, 7) is 8.91. The van der Waals surface area contributed by atoms with Crippen LogP contribution in [-0.4, -0.2) is 51.8 Å². The van der Waals surface area contributed by atoms with Crippen LogP contribution in [0.15, 0.2) is 0 Å². The van der Waals surface area contributed by atoms with Crippen molar-refractivity contribution in [2.75, 3.05) is 12.0 Å². The van der Waals surface area contributed by atoms with Gasteiger partial charge in [0.1, 0.15) is 11.6 Å². The zero-order valence-electron chi connectivity index (χ0n) is 13.3. The quantitative estimate of drug-likeness (QED) is 0.731. The third-order valence-electron chi connectivity index (χ3n) is 2.61. The summed E-state index contributed by atoms with van der Waals surface area (Å²) in [5.74, 6) is -0.102. The molecule has 118 valence electrons. The van der Waals surface area contributed by atoms with Crippen LogP contribution >= 0.6 is 11.8 Å². The van der Waals surface area contributed by atoms with Crippen molar-refractivity contribution >= 4 is 23.8 Å². The summed E-state index contributed by atoms with van der Waals surface area (Å²) in [5, 5.41) is 9.38. The Morgan fingerprint density at radius 3 is 2.20 bits per heavy atom. The highest BCUT2D eigenvalue weighted by Crippen LogP contribution is 2.18. The average Bonchev–Trinajstić information content (AvgIpc) is 2.24. The highest BCUT2D eigenvalue weighted by Gasteiger charge is 2.34. The molecule has 0 aliphatic carbocycles. The van der Waals surface area contributed by atoms with Gasteiger partial charge in [0.15, 0.2) is 0 Å². The Morgan fingerprint density at radius 1 is 1.30 bits per heavy atom. The van der Waals surface area contributed by atoms with Crippen molar-refractivity contribution < 1.29 is 19.4 Å². The van der Waals surface area contributed by atoms with Crippen LogP contribution in [0.5, 0.6) is 0 Å². The van der Waals surface area contributed by atoms with Crippen LogP contribution in [0.1, 0.15) is 47.5 Å². The molecule has 0 saturated carbocycles. The first-order chi connectivity index (χ1) is 9.10. The van der Waals surface area contributed by atoms with E-state index in [0.29, 0.717) is 6.42 Å². The van der Waals surface area contributed by atoms with Gasteiger partial charge in [-0.2, -0.15) is 11.8 Å². The van der Waals surface area contributed by atoms with E-state index in [1.807, 2.05) is 6.26 Å². The molecule has 1 atom stereocenters. The maximum absolute atomic E-state index is 12.2. The number of carboxylic acids is 1. The topological polar surface area (TPSA) is 66.8 Å². The van der Waals surface area contributed by atoms with Gasteiger partial charge in [0.05, 0.1) is 0 Å². The van der Waals surface area contributed by atoms with Crippen LogP contribution in [0, 0.1) is 0 Å². The molecule has 0 aromatic heterocycles. The van der Waals surface area contributed by atoms with E-state index in [0.717, 1.165) is 12.2 Å². The fourth-order valence-electron chi connectivity index (χ4n) is 1.82. The molecular formula is C14H27NO4S. The number of thioether (sulfide) groups is 1. The van der Waals surface area contributed by atoms with Crippen molar-refractivity contribution in [3.8, 4) is 0 Å². The van der Waals surface area contributed by atoms with E-state index in [4.69, 9.17) is 4.74 Å². The van der Waals surface area contributed by atoms with E-state index in [2.05, 4.69) is 0 Å². The normalized spacial score (nSPS) is 13.2. The van der Waals surface area contributed by atoms with Crippen molar-refractivity contribution in [2.45, 2.75) is 65.1 Å². The third-order valence-corrected chi connectivity index (χ3v) is 3.30. The summed E-state index contributed by atoms with van der Waals surface area (Å²) < 4.78 is 5.32. The van der Waals surface area contributed by atoms with Gasteiger partial charge in [-0.15, -0.1) is 0 Å². The molecule has 0 heterocycles. The van der Waals surface area contributed by atoms with Gasteiger partial charge in [-0.3, -0.25) is 4.90 Å². The molecule has 1 unspecified atom stereocenters. The molecule has 0 aliphatic rings. The molecule has 0 aliphatic heterocycles. The average molecular weight is 305 g/mol. The number of carbonyl (C=O) groups is 2. The number of carboxylic acid groups (broad SMARTS) is 1. The van der Waals surface area contributed by atoms with Crippen molar-refractivity contribution in [3.05, 3.63) is 0 Å². The van der Waals surface area contributed by atoms with Crippen LogP contribution in [0.4, 0.5) is 4.79 Å². The molecule has 0 saturated heterocycles. The zero-order chi connectivity index (χ0) is 15.9. The maximum atomic E-state index is 12.2. The highest BCUT2D eigenvalue weighted by molar-refractivity contribution is 7.98. The van der Waals surface area contributed by atoms with Crippen LogP contribution < -0.4 is 0 Å². The van der Waals surface area contributed by atoms with E-state index in [1.54, 1.807) is 46.4 Å². The number of rotatable bonds is 7. The van der Waals surface area contributed by atoms with Gasteiger partial charge in [0, 0.05) is 6.04 Å². The van der Waals surface area contributed by atoms with E-state index in [1.165, 1.54) is 4.90 Å². The Hall–Kier alpha value is -0.910. The first-order valence-corrected chi connectivity index (χ1v) is 8.22. The fourth-order valence-corrected chi connectivity index (χ4v) is 2.27. The predicted molar refractivity (Wildman–Crippen MR) is 82.2 cm³/mol. The molecule has 1 amide bonds. The monoisotopic (exact) mass is 305 g/mol. The van der Waals surface area contributed by atoms with Crippen LogP contribution in [0.2, 0.25) is 0 Å². The van der Waals surface area contributed by atoms with Crippen molar-refractivity contribution in [1.29, 1.82) is 0 Å². The highest BCUT2D eigenvalue weighted by atomic mass is 32.2. The van der Waals surface area contributed by atoms with Gasteiger partial charge in [0.2, 0.25) is 0 Å². The van der Waals surface area contributed by atoms with Crippen LogP contribution in [-0.2, 0) is 9.53 Å². The number of hydrogen-bond acceptors (Lipinski definition) is 4. The lowest BCUT2D eigenvalue weighted by atomic mass is 10.1. The maximum Gasteiger partial charge on any atom is 0.411 e. The number of ether oxygens (including phenoxy) is 1. The first kappa shape index (κ1) is 19.1. The number of hydrogen-bond donors (Lipinski definition) is 1. The molecule has 1 N–H and O–H groups in total. The minimum atomic E-state index is -0.981. The molecule has 5 nitrogen and oxygen atoms in total. The summed E-state index contributed by atoms with van der Waals surface area (Å²) in [7, 11) is 0. The minimum absolute atomic E-state index is 0.222. The minimum Gasteiger partial charge on any atom is -0.480 e. The molecule has 0 radical (unpaired) electrons. The molecule has 0 aromatic carbocycles. The fraction of sp³-hybridized carbons (Fsp3) is 0.857. The van der Waals surface area contributed by atoms with Crippen LogP contribution in [0.25, 0.3) is 0 Å². The summed E-state index contributed by atoms with van der Waals surface area (Å²) in [6, 6.07) is -1.06. The number of nitrogens with zero attached hydrogens (tertiary/aromatic N) is 1. The lowest BCUT2D eigenvalue weighted by Gasteiger charge is -2.34. The Labute approximate surface area is 126 Å². The van der Waals surface area contributed by atoms with Gasteiger partial charge in [-0.05, 0) is 59.5 Å². The summed E-state index contributed by atoms with van der Waals surface area (Å²) in [4.78, 5) is 25.0. The van der Waals surface area contributed by atoms with Crippen LogP contribution in [0.3, 0.4) is 0 Å². The first-order valence-electron chi connectivity index (χ1n) is 6.83. The lowest BCUT2D eigenvalue weighted by Crippen LogP contribution is -2.50. The molecule has 0 rings (SSSR count). The SMILES string of the molecule is CSCCCC(C(=O)O)N(C(=O)OC(C)(C)C)C(C)C. The zero-order valence-corrected chi connectivity index (χ0v) is 14.1. The van der Waals surface area contributed by atoms with E-state index in [-0.39, 0.29) is 6.04 Å². The molecule has 0 fully saturated rings. The van der Waals surface area contributed by atoms with Gasteiger partial charge in [-0.1, -0.05) is 0 Å². The Morgan fingerprint density at radius 2 is 1.85 bits per heavy atom. The predicted octanol–water partition coefficient (Wildman–Crippen LogP) is 3.23. The largest absolute Gasteiger partial charge is 0.480 e. The molecular weight excluding hydrogens is 278 g/mol. The molecule has 6 heteroatoms. The standard InChI is InChI=1S/C14H27NO4S/c1-10(2)15(13(18)19-14(3,4)5)11(12(16)17)8-7-9-20-6/h10-11H,7-9H2,1-6H3,(H,16,17). The van der Waals surface area contributed by atoms with Gasteiger partial charge in [0.25, 0.3) is 0 Å². The van der Waals surface area contributed by atoms with Crippen molar-refractivity contribution in [3.63, 3.8) is 0 Å². The summed E-state index contributed by atoms with van der Waals surface area (Å²) in [5.41, 5.74) is -0.632. The Kier molecular flexibility index (Phi) is 8.01. The second kappa shape index (κ2) is 8.39. The molecule has 0 spiro atoms. The van der Waals surface area contributed by atoms with Gasteiger partial charge in [-0.25, -0.2) is 9.59 Å². The molecule has 0 aromatic rings. The van der Waals surface area contributed by atoms with Gasteiger partial charge < -0.3 is 9.84 Å². The van der Waals surface area contributed by atoms with E-state index < -0.39 is 23.7 Å². The third kappa shape index (κ3) is 7.03.